The van der Waals surface area contributed by atoms with Crippen molar-refractivity contribution in [3.8, 4) is 22.6 Å². The van der Waals surface area contributed by atoms with E-state index in [-0.39, 0.29) is 11.7 Å². The predicted octanol–water partition coefficient (Wildman–Crippen LogP) is 8.76. The second kappa shape index (κ2) is 14.6. The zero-order chi connectivity index (χ0) is 26.6. The van der Waals surface area contributed by atoms with E-state index in [1.54, 1.807) is 36.4 Å². The molecule has 3 aromatic rings. The molecule has 37 heavy (non-hydrogen) atoms. The minimum atomic E-state index is -0.583. The molecule has 0 aliphatic rings. The summed E-state index contributed by atoms with van der Waals surface area (Å²) >= 11 is 6.17. The number of rotatable bonds is 14. The lowest BCUT2D eigenvalue weighted by molar-refractivity contribution is 0.0734. The van der Waals surface area contributed by atoms with Crippen molar-refractivity contribution in [3.05, 3.63) is 83.9 Å². The van der Waals surface area contributed by atoms with E-state index in [2.05, 4.69) is 6.92 Å². The van der Waals surface area contributed by atoms with Crippen molar-refractivity contribution < 1.29 is 19.1 Å². The number of unbranched alkanes of at least 4 members (excludes halogenated alkanes) is 5. The normalized spacial score (nSPS) is 11.8. The molecule has 1 unspecified atom stereocenters. The van der Waals surface area contributed by atoms with Crippen LogP contribution in [0.2, 0.25) is 0 Å². The Balaban J connectivity index is 1.50. The molecule has 0 heterocycles. The summed E-state index contributed by atoms with van der Waals surface area (Å²) in [5.74, 6) is 0.689. The number of hydrogen-bond acceptors (Lipinski definition) is 4. The number of ether oxygens (including phenoxy) is 2. The fourth-order valence-corrected chi connectivity index (χ4v) is 4.06. The Hall–Kier alpha value is -3.11. The van der Waals surface area contributed by atoms with Gasteiger partial charge in [0, 0.05) is 5.56 Å². The van der Waals surface area contributed by atoms with Crippen LogP contribution >= 0.6 is 11.6 Å². The number of hydrogen-bond donors (Lipinski definition) is 0. The molecular weight excluding hydrogens is 484 g/mol. The number of Topliss-reactive ketones (excluding diaryl/α,β-unsaturated/α-hetero) is 1. The molecule has 0 bridgehead atoms. The third-order valence-electron chi connectivity index (χ3n) is 6.26. The number of alkyl halides is 1. The smallest absolute Gasteiger partial charge is 0.343 e. The van der Waals surface area contributed by atoms with Crippen molar-refractivity contribution in [1.82, 2.24) is 0 Å². The molecule has 3 rings (SSSR count). The number of esters is 1. The zero-order valence-electron chi connectivity index (χ0n) is 22.0. The van der Waals surface area contributed by atoms with E-state index in [1.165, 1.54) is 32.1 Å². The average molecular weight is 521 g/mol. The molecule has 0 aliphatic heterocycles. The molecule has 0 saturated heterocycles. The van der Waals surface area contributed by atoms with Gasteiger partial charge in [0.05, 0.1) is 17.5 Å². The van der Waals surface area contributed by atoms with Crippen molar-refractivity contribution in [1.29, 1.82) is 0 Å². The summed E-state index contributed by atoms with van der Waals surface area (Å²) in [5, 5.41) is -0.583. The standard InChI is InChI=1S/C32H37ClO4/c1-4-5-6-7-8-9-22-36-28-18-14-25(15-19-28)24-10-12-27(13-11-24)32(35)37-29-20-16-26(17-21-29)31(34)30(33)23(2)3/h10-21,23,30H,4-9,22H2,1-3H3. The van der Waals surface area contributed by atoms with Crippen LogP contribution in [-0.2, 0) is 0 Å². The minimum Gasteiger partial charge on any atom is -0.494 e. The van der Waals surface area contributed by atoms with Gasteiger partial charge in [-0.2, -0.15) is 0 Å². The highest BCUT2D eigenvalue weighted by Crippen LogP contribution is 2.24. The molecular formula is C32H37ClO4. The molecule has 0 N–H and O–H groups in total. The van der Waals surface area contributed by atoms with Gasteiger partial charge >= 0.3 is 5.97 Å². The summed E-state index contributed by atoms with van der Waals surface area (Å²) in [7, 11) is 0. The summed E-state index contributed by atoms with van der Waals surface area (Å²) in [6.45, 7) is 6.77. The first-order chi connectivity index (χ1) is 17.9. The lowest BCUT2D eigenvalue weighted by Gasteiger charge is -2.12. The van der Waals surface area contributed by atoms with Gasteiger partial charge in [-0.1, -0.05) is 77.1 Å². The fourth-order valence-electron chi connectivity index (χ4n) is 3.93. The molecule has 5 heteroatoms. The van der Waals surface area contributed by atoms with Crippen LogP contribution < -0.4 is 9.47 Å². The summed E-state index contributed by atoms with van der Waals surface area (Å²) < 4.78 is 11.3. The van der Waals surface area contributed by atoms with E-state index in [4.69, 9.17) is 21.1 Å². The van der Waals surface area contributed by atoms with Crippen LogP contribution in [-0.4, -0.2) is 23.7 Å². The Labute approximate surface area is 226 Å². The fraction of sp³-hybridized carbons (Fsp3) is 0.375. The third kappa shape index (κ3) is 8.75. The maximum atomic E-state index is 12.6. The van der Waals surface area contributed by atoms with Crippen molar-refractivity contribution in [3.63, 3.8) is 0 Å². The maximum absolute atomic E-state index is 12.6. The van der Waals surface area contributed by atoms with Crippen LogP contribution in [0.15, 0.2) is 72.8 Å². The molecule has 4 nitrogen and oxygen atoms in total. The van der Waals surface area contributed by atoms with Gasteiger partial charge in [0.25, 0.3) is 0 Å². The molecule has 0 spiro atoms. The quantitative estimate of drug-likeness (QED) is 0.0700. The summed E-state index contributed by atoms with van der Waals surface area (Å²) in [5.41, 5.74) is 2.99. The number of carbonyl (C=O) groups excluding carboxylic acids is 2. The van der Waals surface area contributed by atoms with Crippen LogP contribution in [0, 0.1) is 5.92 Å². The Morgan fingerprint density at radius 3 is 1.81 bits per heavy atom. The molecule has 196 valence electrons. The summed E-state index contributed by atoms with van der Waals surface area (Å²) in [4.78, 5) is 25.0. The van der Waals surface area contributed by atoms with E-state index in [0.29, 0.717) is 16.9 Å². The van der Waals surface area contributed by atoms with Crippen LogP contribution in [0.4, 0.5) is 0 Å². The van der Waals surface area contributed by atoms with E-state index < -0.39 is 11.3 Å². The predicted molar refractivity (Wildman–Crippen MR) is 151 cm³/mol. The van der Waals surface area contributed by atoms with Crippen molar-refractivity contribution in [2.24, 2.45) is 5.92 Å². The lowest BCUT2D eigenvalue weighted by Crippen LogP contribution is -2.20. The number of benzene rings is 3. The molecule has 0 fully saturated rings. The van der Waals surface area contributed by atoms with Crippen LogP contribution in [0.3, 0.4) is 0 Å². The average Bonchev–Trinajstić information content (AvgIpc) is 2.92. The summed E-state index contributed by atoms with van der Waals surface area (Å²) in [6.07, 6.45) is 7.46. The molecule has 0 aromatic heterocycles. The van der Waals surface area contributed by atoms with Gasteiger partial charge in [-0.3, -0.25) is 4.79 Å². The highest BCUT2D eigenvalue weighted by atomic mass is 35.5. The minimum absolute atomic E-state index is 0.0378. The van der Waals surface area contributed by atoms with Crippen LogP contribution in [0.5, 0.6) is 11.5 Å². The lowest BCUT2D eigenvalue weighted by atomic mass is 10.0. The molecule has 0 aliphatic carbocycles. The first-order valence-electron chi connectivity index (χ1n) is 13.2. The second-order valence-electron chi connectivity index (χ2n) is 9.64. The van der Waals surface area contributed by atoms with Gasteiger partial charge in [0.2, 0.25) is 0 Å². The molecule has 0 saturated carbocycles. The first kappa shape index (κ1) is 28.5. The number of carbonyl (C=O) groups is 2. The third-order valence-corrected chi connectivity index (χ3v) is 6.96. The van der Waals surface area contributed by atoms with Crippen molar-refractivity contribution in [2.45, 2.75) is 64.7 Å². The van der Waals surface area contributed by atoms with E-state index in [9.17, 15) is 9.59 Å². The maximum Gasteiger partial charge on any atom is 0.343 e. The molecule has 1 atom stereocenters. The van der Waals surface area contributed by atoms with Crippen molar-refractivity contribution in [2.75, 3.05) is 6.61 Å². The van der Waals surface area contributed by atoms with Gasteiger partial charge in [0.15, 0.2) is 5.78 Å². The Bertz CT molecular complexity index is 1120. The van der Waals surface area contributed by atoms with Gasteiger partial charge in [0.1, 0.15) is 11.5 Å². The van der Waals surface area contributed by atoms with E-state index in [1.807, 2.05) is 50.2 Å². The highest BCUT2D eigenvalue weighted by molar-refractivity contribution is 6.34. The number of ketones is 1. The highest BCUT2D eigenvalue weighted by Gasteiger charge is 2.20. The SMILES string of the molecule is CCCCCCCCOc1ccc(-c2ccc(C(=O)Oc3ccc(C(=O)C(Cl)C(C)C)cc3)cc2)cc1. The molecule has 0 radical (unpaired) electrons. The van der Waals surface area contributed by atoms with Gasteiger partial charge < -0.3 is 9.47 Å². The van der Waals surface area contributed by atoms with Crippen molar-refractivity contribution >= 4 is 23.4 Å². The largest absolute Gasteiger partial charge is 0.494 e. The van der Waals surface area contributed by atoms with Gasteiger partial charge in [-0.25, -0.2) is 4.79 Å². The zero-order valence-corrected chi connectivity index (χ0v) is 22.8. The van der Waals surface area contributed by atoms with Crippen LogP contribution in [0.1, 0.15) is 80.0 Å². The second-order valence-corrected chi connectivity index (χ2v) is 10.1. The Morgan fingerprint density at radius 1 is 0.703 bits per heavy atom. The van der Waals surface area contributed by atoms with Gasteiger partial charge in [-0.05, 0) is 72.0 Å². The Kier molecular flexibility index (Phi) is 11.2. The number of halogens is 1. The Morgan fingerprint density at radius 2 is 1.22 bits per heavy atom. The van der Waals surface area contributed by atoms with Gasteiger partial charge in [-0.15, -0.1) is 11.6 Å². The molecule has 0 amide bonds. The summed E-state index contributed by atoms with van der Waals surface area (Å²) in [6, 6.07) is 21.8. The monoisotopic (exact) mass is 520 g/mol. The topological polar surface area (TPSA) is 52.6 Å². The van der Waals surface area contributed by atoms with E-state index >= 15 is 0 Å². The van der Waals surface area contributed by atoms with Crippen LogP contribution in [0.25, 0.3) is 11.1 Å². The first-order valence-corrected chi connectivity index (χ1v) is 13.7. The van der Waals surface area contributed by atoms with E-state index in [0.717, 1.165) is 29.9 Å². The molecule has 3 aromatic carbocycles.